The average molecular weight is 304 g/mol. The van der Waals surface area contributed by atoms with Crippen LogP contribution in [-0.4, -0.2) is 3.24 Å². The molecule has 0 saturated heterocycles. The summed E-state index contributed by atoms with van der Waals surface area (Å²) in [5, 5.41) is 0. The predicted molar refractivity (Wildman–Crippen MR) is 70.5 cm³/mol. The summed E-state index contributed by atoms with van der Waals surface area (Å²) in [6, 6.07) is 0. The van der Waals surface area contributed by atoms with E-state index < -0.39 is 3.24 Å². The molecule has 0 bridgehead atoms. The summed E-state index contributed by atoms with van der Waals surface area (Å²) in [4.78, 5) is 0. The Morgan fingerprint density at radius 3 is 2.07 bits per heavy atom. The molecule has 3 heteroatoms. The lowest BCUT2D eigenvalue weighted by Crippen LogP contribution is -2.14. The lowest BCUT2D eigenvalue weighted by molar-refractivity contribution is 0.495. The van der Waals surface area contributed by atoms with Gasteiger partial charge >= 0.3 is 0 Å². The van der Waals surface area contributed by atoms with Crippen LogP contribution in [0.25, 0.3) is 0 Å². The maximum Gasteiger partial charge on any atom is 0.174 e. The van der Waals surface area contributed by atoms with Crippen LogP contribution < -0.4 is 0 Å². The van der Waals surface area contributed by atoms with E-state index in [2.05, 4.69) is 29.8 Å². The molecule has 86 valence electrons. The minimum atomic E-state index is -0.740. The van der Waals surface area contributed by atoms with Gasteiger partial charge in [-0.25, -0.2) is 0 Å². The fourth-order valence-electron chi connectivity index (χ4n) is 1.39. The molecule has 0 fully saturated rings. The van der Waals surface area contributed by atoms with E-state index in [4.69, 9.17) is 23.2 Å². The second-order valence-electron chi connectivity index (χ2n) is 4.00. The summed E-state index contributed by atoms with van der Waals surface area (Å²) in [5.41, 5.74) is 0. The highest BCUT2D eigenvalue weighted by Gasteiger charge is 2.26. The third-order valence-corrected chi connectivity index (χ3v) is 4.08. The SMILES string of the molecule is CCCCCCCCC(C)C(Cl)(Cl)Br. The number of unbranched alkanes of at least 4 members (excludes halogenated alkanes) is 5. The largest absolute Gasteiger partial charge is 0.174 e. The Balaban J connectivity index is 3.28. The van der Waals surface area contributed by atoms with Gasteiger partial charge < -0.3 is 0 Å². The highest BCUT2D eigenvalue weighted by molar-refractivity contribution is 9.11. The molecule has 0 aliphatic rings. The van der Waals surface area contributed by atoms with Gasteiger partial charge in [0.25, 0.3) is 0 Å². The van der Waals surface area contributed by atoms with Gasteiger partial charge in [-0.2, -0.15) is 0 Å². The van der Waals surface area contributed by atoms with Crippen molar-refractivity contribution >= 4 is 39.1 Å². The predicted octanol–water partition coefficient (Wildman–Crippen LogP) is 5.90. The van der Waals surface area contributed by atoms with Crippen LogP contribution in [0.5, 0.6) is 0 Å². The smallest absolute Gasteiger partial charge is 0.0885 e. The maximum absolute atomic E-state index is 5.93. The lowest BCUT2D eigenvalue weighted by atomic mass is 10.0. The van der Waals surface area contributed by atoms with Crippen molar-refractivity contribution in [2.24, 2.45) is 5.92 Å². The molecule has 0 rings (SSSR count). The third-order valence-electron chi connectivity index (χ3n) is 2.55. The number of alkyl halides is 3. The van der Waals surface area contributed by atoms with Gasteiger partial charge in [0, 0.05) is 0 Å². The summed E-state index contributed by atoms with van der Waals surface area (Å²) in [6.45, 7) is 4.32. The molecule has 0 aromatic carbocycles. The molecule has 0 aliphatic carbocycles. The topological polar surface area (TPSA) is 0 Å². The van der Waals surface area contributed by atoms with Crippen molar-refractivity contribution in [2.75, 3.05) is 0 Å². The monoisotopic (exact) mass is 302 g/mol. The van der Waals surface area contributed by atoms with Gasteiger partial charge in [-0.3, -0.25) is 0 Å². The molecule has 0 amide bonds. The molecule has 14 heavy (non-hydrogen) atoms. The van der Waals surface area contributed by atoms with E-state index in [1.807, 2.05) is 0 Å². The van der Waals surface area contributed by atoms with Gasteiger partial charge in [-0.1, -0.05) is 75.6 Å². The van der Waals surface area contributed by atoms with Crippen molar-refractivity contribution in [3.8, 4) is 0 Å². The molecule has 0 spiro atoms. The standard InChI is InChI=1S/C11H21BrCl2/c1-3-4-5-6-7-8-9-10(2)11(12,13)14/h10H,3-9H2,1-2H3. The van der Waals surface area contributed by atoms with Crippen LogP contribution in [0.2, 0.25) is 0 Å². The molecular formula is C11H21BrCl2. The molecule has 1 unspecified atom stereocenters. The molecule has 0 aromatic heterocycles. The number of hydrogen-bond acceptors (Lipinski definition) is 0. The van der Waals surface area contributed by atoms with Crippen LogP contribution in [0.15, 0.2) is 0 Å². The number of hydrogen-bond donors (Lipinski definition) is 0. The van der Waals surface area contributed by atoms with Gasteiger partial charge in [-0.05, 0) is 28.3 Å². The summed E-state index contributed by atoms with van der Waals surface area (Å²) < 4.78 is -0.740. The van der Waals surface area contributed by atoms with Crippen LogP contribution >= 0.6 is 39.1 Å². The Morgan fingerprint density at radius 2 is 1.57 bits per heavy atom. The fourth-order valence-corrected chi connectivity index (χ4v) is 1.84. The Hall–Kier alpha value is 1.06. The van der Waals surface area contributed by atoms with E-state index in [9.17, 15) is 0 Å². The first-order chi connectivity index (χ1) is 6.48. The van der Waals surface area contributed by atoms with Gasteiger partial charge in [0.2, 0.25) is 0 Å². The zero-order valence-corrected chi connectivity index (χ0v) is 12.3. The molecule has 0 N–H and O–H groups in total. The summed E-state index contributed by atoms with van der Waals surface area (Å²) in [6.07, 6.45) is 9.03. The third kappa shape index (κ3) is 8.38. The summed E-state index contributed by atoms with van der Waals surface area (Å²) in [5.74, 6) is 0.317. The Morgan fingerprint density at radius 1 is 1.07 bits per heavy atom. The van der Waals surface area contributed by atoms with E-state index >= 15 is 0 Å². The van der Waals surface area contributed by atoms with Crippen molar-refractivity contribution in [2.45, 2.75) is 62.0 Å². The van der Waals surface area contributed by atoms with Gasteiger partial charge in [0.15, 0.2) is 3.24 Å². The van der Waals surface area contributed by atoms with Crippen molar-refractivity contribution in [1.82, 2.24) is 0 Å². The van der Waals surface area contributed by atoms with Crippen molar-refractivity contribution in [3.05, 3.63) is 0 Å². The van der Waals surface area contributed by atoms with Crippen LogP contribution in [0, 0.1) is 5.92 Å². The highest BCUT2D eigenvalue weighted by atomic mass is 79.9. The molecule has 0 saturated carbocycles. The lowest BCUT2D eigenvalue weighted by Gasteiger charge is -2.20. The molecule has 0 radical (unpaired) electrons. The zero-order valence-electron chi connectivity index (χ0n) is 9.16. The van der Waals surface area contributed by atoms with Crippen LogP contribution in [0.4, 0.5) is 0 Å². The highest BCUT2D eigenvalue weighted by Crippen LogP contribution is 2.39. The van der Waals surface area contributed by atoms with E-state index in [1.54, 1.807) is 0 Å². The van der Waals surface area contributed by atoms with Gasteiger partial charge in [0.05, 0.1) is 0 Å². The first kappa shape index (κ1) is 15.1. The van der Waals surface area contributed by atoms with Crippen molar-refractivity contribution in [3.63, 3.8) is 0 Å². The molecule has 0 heterocycles. The van der Waals surface area contributed by atoms with Crippen molar-refractivity contribution in [1.29, 1.82) is 0 Å². The fraction of sp³-hybridized carbons (Fsp3) is 1.00. The van der Waals surface area contributed by atoms with E-state index in [-0.39, 0.29) is 0 Å². The molecule has 0 aliphatic heterocycles. The van der Waals surface area contributed by atoms with Crippen LogP contribution in [-0.2, 0) is 0 Å². The maximum atomic E-state index is 5.93. The normalized spacial score (nSPS) is 14.4. The first-order valence-electron chi connectivity index (χ1n) is 5.55. The quantitative estimate of drug-likeness (QED) is 0.387. The summed E-state index contributed by atoms with van der Waals surface area (Å²) >= 11 is 15.1. The molecule has 0 aromatic rings. The first-order valence-corrected chi connectivity index (χ1v) is 7.10. The van der Waals surface area contributed by atoms with Crippen LogP contribution in [0.1, 0.15) is 58.8 Å². The van der Waals surface area contributed by atoms with Gasteiger partial charge in [0.1, 0.15) is 0 Å². The second kappa shape index (κ2) is 8.24. The summed E-state index contributed by atoms with van der Waals surface area (Å²) in [7, 11) is 0. The molecule has 1 atom stereocenters. The minimum absolute atomic E-state index is 0.317. The van der Waals surface area contributed by atoms with Crippen molar-refractivity contribution < 1.29 is 0 Å². The molecular weight excluding hydrogens is 283 g/mol. The number of rotatable bonds is 8. The zero-order chi connectivity index (χ0) is 11.0. The molecule has 0 nitrogen and oxygen atoms in total. The second-order valence-corrected chi connectivity index (χ2v) is 7.55. The van der Waals surface area contributed by atoms with E-state index in [0.717, 1.165) is 6.42 Å². The Bertz CT molecular complexity index is 132. The minimum Gasteiger partial charge on any atom is -0.0885 e. The van der Waals surface area contributed by atoms with E-state index in [0.29, 0.717) is 5.92 Å². The Kier molecular flexibility index (Phi) is 8.86. The average Bonchev–Trinajstić information content (AvgIpc) is 2.09. The van der Waals surface area contributed by atoms with Crippen LogP contribution in [0.3, 0.4) is 0 Å². The van der Waals surface area contributed by atoms with Gasteiger partial charge in [-0.15, -0.1) is 0 Å². The Labute approximate surface area is 107 Å². The number of halogens is 3. The van der Waals surface area contributed by atoms with E-state index in [1.165, 1.54) is 38.5 Å².